The van der Waals surface area contributed by atoms with Gasteiger partial charge in [0.25, 0.3) is 5.91 Å². The van der Waals surface area contributed by atoms with Crippen LogP contribution in [-0.2, 0) is 4.79 Å². The predicted octanol–water partition coefficient (Wildman–Crippen LogP) is 2.09. The summed E-state index contributed by atoms with van der Waals surface area (Å²) >= 11 is 0. The monoisotopic (exact) mass is 413 g/mol. The molecule has 0 aromatic carbocycles. The number of amides is 2. The highest BCUT2D eigenvalue weighted by Crippen LogP contribution is 2.28. The average molecular weight is 414 g/mol. The second-order valence-electron chi connectivity index (χ2n) is 9.05. The molecule has 7 heteroatoms. The fourth-order valence-corrected chi connectivity index (χ4v) is 4.86. The van der Waals surface area contributed by atoms with Gasteiger partial charge in [-0.15, -0.1) is 0 Å². The molecule has 0 N–H and O–H groups in total. The number of rotatable bonds is 4. The van der Waals surface area contributed by atoms with Crippen molar-refractivity contribution in [2.75, 3.05) is 64.3 Å². The summed E-state index contributed by atoms with van der Waals surface area (Å²) in [7, 11) is 2.11. The van der Waals surface area contributed by atoms with Crippen LogP contribution in [0.1, 0.15) is 48.9 Å². The second kappa shape index (κ2) is 9.77. The molecule has 0 radical (unpaired) electrons. The summed E-state index contributed by atoms with van der Waals surface area (Å²) in [4.78, 5) is 38.9. The molecule has 3 fully saturated rings. The van der Waals surface area contributed by atoms with Crippen LogP contribution in [-0.4, -0.2) is 90.9 Å². The molecule has 3 aliphatic rings. The molecule has 30 heavy (non-hydrogen) atoms. The van der Waals surface area contributed by atoms with E-state index in [-0.39, 0.29) is 5.91 Å². The minimum absolute atomic E-state index is 0.116. The Bertz CT molecular complexity index is 733. The minimum Gasteiger partial charge on any atom is -0.356 e. The Morgan fingerprint density at radius 1 is 0.933 bits per heavy atom. The van der Waals surface area contributed by atoms with E-state index in [0.29, 0.717) is 18.2 Å². The number of nitrogens with zero attached hydrogens (tertiary/aromatic N) is 5. The normalized spacial score (nSPS) is 21.7. The molecule has 0 saturated carbocycles. The van der Waals surface area contributed by atoms with Crippen molar-refractivity contribution in [3.05, 3.63) is 23.9 Å². The molecule has 0 unspecified atom stereocenters. The molecular weight excluding hydrogens is 378 g/mol. The predicted molar refractivity (Wildman–Crippen MR) is 118 cm³/mol. The molecule has 1 aromatic rings. The zero-order valence-corrected chi connectivity index (χ0v) is 18.3. The molecule has 0 spiro atoms. The summed E-state index contributed by atoms with van der Waals surface area (Å²) in [6.07, 6.45) is 7.79. The highest BCUT2D eigenvalue weighted by Gasteiger charge is 2.29. The SMILES string of the molecule is CN1CCN(C(=O)CC2CCN(c3ncccc3C(=O)N3CCCCC3)CC2)CC1. The summed E-state index contributed by atoms with van der Waals surface area (Å²) in [5, 5.41) is 0. The number of piperazine rings is 1. The van der Waals surface area contributed by atoms with Crippen LogP contribution in [0.4, 0.5) is 5.82 Å². The van der Waals surface area contributed by atoms with E-state index in [1.807, 2.05) is 21.9 Å². The van der Waals surface area contributed by atoms with Crippen LogP contribution >= 0.6 is 0 Å². The number of hydrogen-bond acceptors (Lipinski definition) is 5. The van der Waals surface area contributed by atoms with Crippen molar-refractivity contribution in [2.24, 2.45) is 5.92 Å². The molecular formula is C23H35N5O2. The molecule has 0 bridgehead atoms. The first-order chi connectivity index (χ1) is 14.6. The summed E-state index contributed by atoms with van der Waals surface area (Å²) in [6, 6.07) is 3.78. The smallest absolute Gasteiger partial charge is 0.257 e. The van der Waals surface area contributed by atoms with Gasteiger partial charge in [-0.05, 0) is 57.2 Å². The van der Waals surface area contributed by atoms with Crippen LogP contribution in [0, 0.1) is 5.92 Å². The second-order valence-corrected chi connectivity index (χ2v) is 9.05. The number of carbonyl (C=O) groups is 2. The van der Waals surface area contributed by atoms with Crippen molar-refractivity contribution in [1.82, 2.24) is 19.7 Å². The van der Waals surface area contributed by atoms with Gasteiger partial charge in [0.05, 0.1) is 5.56 Å². The van der Waals surface area contributed by atoms with Crippen molar-refractivity contribution in [2.45, 2.75) is 38.5 Å². The van der Waals surface area contributed by atoms with Crippen LogP contribution in [0.2, 0.25) is 0 Å². The van der Waals surface area contributed by atoms with E-state index in [4.69, 9.17) is 0 Å². The van der Waals surface area contributed by atoms with E-state index in [9.17, 15) is 9.59 Å². The number of hydrogen-bond donors (Lipinski definition) is 0. The zero-order valence-electron chi connectivity index (χ0n) is 18.3. The minimum atomic E-state index is 0.116. The number of anilines is 1. The standard InChI is InChI=1S/C23H35N5O2/c1-25-14-16-26(17-15-25)21(29)18-19-7-12-27(13-8-19)22-20(6-5-9-24-22)23(30)28-10-3-2-4-11-28/h5-6,9,19H,2-4,7-8,10-18H2,1H3. The summed E-state index contributed by atoms with van der Waals surface area (Å²) in [5.74, 6) is 1.67. The van der Waals surface area contributed by atoms with Crippen molar-refractivity contribution in [3.63, 3.8) is 0 Å². The maximum atomic E-state index is 13.1. The molecule has 3 saturated heterocycles. The van der Waals surface area contributed by atoms with E-state index in [1.54, 1.807) is 6.20 Å². The van der Waals surface area contributed by atoms with Gasteiger partial charge in [0.15, 0.2) is 0 Å². The van der Waals surface area contributed by atoms with Gasteiger partial charge >= 0.3 is 0 Å². The Hall–Kier alpha value is -2.15. The first-order valence-corrected chi connectivity index (χ1v) is 11.6. The van der Waals surface area contributed by atoms with Gasteiger partial charge in [0, 0.05) is 65.0 Å². The maximum absolute atomic E-state index is 13.1. The van der Waals surface area contributed by atoms with Crippen LogP contribution in [0.25, 0.3) is 0 Å². The molecule has 0 atom stereocenters. The first kappa shape index (κ1) is 21.1. The number of aromatic nitrogens is 1. The quantitative estimate of drug-likeness (QED) is 0.757. The number of likely N-dealkylation sites (tertiary alicyclic amines) is 1. The van der Waals surface area contributed by atoms with Crippen LogP contribution in [0.15, 0.2) is 18.3 Å². The number of pyridine rings is 1. The van der Waals surface area contributed by atoms with Gasteiger partial charge in [0.1, 0.15) is 5.82 Å². The number of piperidine rings is 2. The Balaban J connectivity index is 1.33. The lowest BCUT2D eigenvalue weighted by molar-refractivity contribution is -0.133. The Morgan fingerprint density at radius 2 is 1.63 bits per heavy atom. The lowest BCUT2D eigenvalue weighted by atomic mass is 9.92. The largest absolute Gasteiger partial charge is 0.356 e. The van der Waals surface area contributed by atoms with Gasteiger partial charge in [-0.3, -0.25) is 9.59 Å². The van der Waals surface area contributed by atoms with E-state index < -0.39 is 0 Å². The molecule has 0 aliphatic carbocycles. The van der Waals surface area contributed by atoms with Crippen LogP contribution in [0.5, 0.6) is 0 Å². The fraction of sp³-hybridized carbons (Fsp3) is 0.696. The van der Waals surface area contributed by atoms with Gasteiger partial charge in [0.2, 0.25) is 5.91 Å². The molecule has 4 heterocycles. The lowest BCUT2D eigenvalue weighted by Crippen LogP contribution is -2.48. The first-order valence-electron chi connectivity index (χ1n) is 11.6. The van der Waals surface area contributed by atoms with Crippen LogP contribution < -0.4 is 4.90 Å². The third-order valence-electron chi connectivity index (χ3n) is 6.89. The topological polar surface area (TPSA) is 60.0 Å². The third kappa shape index (κ3) is 4.94. The zero-order chi connectivity index (χ0) is 20.9. The van der Waals surface area contributed by atoms with Crippen LogP contribution in [0.3, 0.4) is 0 Å². The van der Waals surface area contributed by atoms with Gasteiger partial charge in [-0.25, -0.2) is 4.98 Å². The molecule has 3 aliphatic heterocycles. The van der Waals surface area contributed by atoms with Crippen molar-refractivity contribution in [3.8, 4) is 0 Å². The Morgan fingerprint density at radius 3 is 2.33 bits per heavy atom. The molecule has 164 valence electrons. The summed E-state index contributed by atoms with van der Waals surface area (Å²) in [5.41, 5.74) is 0.728. The van der Waals surface area contributed by atoms with E-state index >= 15 is 0 Å². The number of likely N-dealkylation sites (N-methyl/N-ethyl adjacent to an activating group) is 1. The fourth-order valence-electron chi connectivity index (χ4n) is 4.86. The van der Waals surface area contributed by atoms with Gasteiger partial charge in [-0.1, -0.05) is 0 Å². The van der Waals surface area contributed by atoms with E-state index in [0.717, 1.165) is 89.4 Å². The number of carbonyl (C=O) groups excluding carboxylic acids is 2. The molecule has 2 amide bonds. The highest BCUT2D eigenvalue weighted by atomic mass is 16.2. The highest BCUT2D eigenvalue weighted by molar-refractivity contribution is 5.99. The lowest BCUT2D eigenvalue weighted by Gasteiger charge is -2.36. The van der Waals surface area contributed by atoms with Gasteiger partial charge < -0.3 is 19.6 Å². The molecule has 4 rings (SSSR count). The maximum Gasteiger partial charge on any atom is 0.257 e. The average Bonchev–Trinajstić information content (AvgIpc) is 2.80. The summed E-state index contributed by atoms with van der Waals surface area (Å²) in [6.45, 7) is 7.06. The van der Waals surface area contributed by atoms with E-state index in [2.05, 4.69) is 21.8 Å². The Kier molecular flexibility index (Phi) is 6.87. The van der Waals surface area contributed by atoms with E-state index in [1.165, 1.54) is 6.42 Å². The molecule has 7 nitrogen and oxygen atoms in total. The Labute approximate surface area is 180 Å². The third-order valence-corrected chi connectivity index (χ3v) is 6.89. The van der Waals surface area contributed by atoms with Gasteiger partial charge in [-0.2, -0.15) is 0 Å². The summed E-state index contributed by atoms with van der Waals surface area (Å²) < 4.78 is 0. The van der Waals surface area contributed by atoms with Crippen molar-refractivity contribution < 1.29 is 9.59 Å². The van der Waals surface area contributed by atoms with Crippen molar-refractivity contribution in [1.29, 1.82) is 0 Å². The molecule has 1 aromatic heterocycles. The van der Waals surface area contributed by atoms with Crippen molar-refractivity contribution >= 4 is 17.6 Å².